The van der Waals surface area contributed by atoms with E-state index >= 15 is 0 Å². The molecule has 2 aliphatic rings. The number of allylic oxidation sites excluding steroid dienone is 1. The Hall–Kier alpha value is -1.91. The standard InChI is InChI=1S/C16H21N3O2/c1-2-7-16(15(20)21)8-4-9-19(10-16)14-12-5-3-6-13(12)17-11-18-14/h2,11H,1,3-10H2,(H,20,21)/t16-/m1/s1. The first-order valence-corrected chi connectivity index (χ1v) is 7.58. The molecule has 1 saturated heterocycles. The quantitative estimate of drug-likeness (QED) is 0.860. The van der Waals surface area contributed by atoms with Crippen LogP contribution in [0.2, 0.25) is 0 Å². The average Bonchev–Trinajstić information content (AvgIpc) is 2.96. The van der Waals surface area contributed by atoms with Crippen LogP contribution < -0.4 is 4.90 Å². The number of nitrogens with zero attached hydrogens (tertiary/aromatic N) is 3. The Labute approximate surface area is 124 Å². The molecule has 0 amide bonds. The van der Waals surface area contributed by atoms with Gasteiger partial charge in [-0.3, -0.25) is 4.79 Å². The number of fused-ring (bicyclic) bond motifs is 1. The summed E-state index contributed by atoms with van der Waals surface area (Å²) in [5, 5.41) is 9.67. The van der Waals surface area contributed by atoms with Crippen LogP contribution in [0.15, 0.2) is 19.0 Å². The van der Waals surface area contributed by atoms with Crippen LogP contribution in [0, 0.1) is 5.41 Å². The van der Waals surface area contributed by atoms with Crippen LogP contribution in [0.1, 0.15) is 36.9 Å². The number of carboxylic acids is 1. The largest absolute Gasteiger partial charge is 0.481 e. The molecule has 1 aromatic heterocycles. The molecule has 5 heteroatoms. The number of carbonyl (C=O) groups is 1. The Morgan fingerprint density at radius 1 is 1.43 bits per heavy atom. The molecule has 1 atom stereocenters. The summed E-state index contributed by atoms with van der Waals surface area (Å²) >= 11 is 0. The van der Waals surface area contributed by atoms with Crippen LogP contribution in [0.4, 0.5) is 5.82 Å². The van der Waals surface area contributed by atoms with Crippen LogP contribution in [0.3, 0.4) is 0 Å². The van der Waals surface area contributed by atoms with Crippen molar-refractivity contribution in [2.75, 3.05) is 18.0 Å². The molecule has 112 valence electrons. The zero-order chi connectivity index (χ0) is 14.9. The molecular weight excluding hydrogens is 266 g/mol. The van der Waals surface area contributed by atoms with E-state index in [1.54, 1.807) is 12.4 Å². The second-order valence-corrected chi connectivity index (χ2v) is 6.08. The Morgan fingerprint density at radius 2 is 2.29 bits per heavy atom. The third-order valence-electron chi connectivity index (χ3n) is 4.72. The maximum atomic E-state index is 11.8. The third-order valence-corrected chi connectivity index (χ3v) is 4.72. The number of rotatable bonds is 4. The van der Waals surface area contributed by atoms with Crippen LogP contribution in [-0.4, -0.2) is 34.1 Å². The predicted octanol–water partition coefficient (Wildman–Crippen LogP) is 2.21. The number of aliphatic carboxylic acids is 1. The maximum Gasteiger partial charge on any atom is 0.311 e. The van der Waals surface area contributed by atoms with Crippen LogP contribution >= 0.6 is 0 Å². The number of aryl methyl sites for hydroxylation is 1. The van der Waals surface area contributed by atoms with E-state index in [9.17, 15) is 9.90 Å². The van der Waals surface area contributed by atoms with Crippen molar-refractivity contribution in [3.8, 4) is 0 Å². The summed E-state index contributed by atoms with van der Waals surface area (Å²) in [6.07, 6.45) is 8.56. The fourth-order valence-electron chi connectivity index (χ4n) is 3.63. The lowest BCUT2D eigenvalue weighted by molar-refractivity contribution is -0.149. The fourth-order valence-corrected chi connectivity index (χ4v) is 3.63. The van der Waals surface area contributed by atoms with Crippen molar-refractivity contribution in [1.29, 1.82) is 0 Å². The summed E-state index contributed by atoms with van der Waals surface area (Å²) in [6, 6.07) is 0. The van der Waals surface area contributed by atoms with Gasteiger partial charge in [0, 0.05) is 24.3 Å². The van der Waals surface area contributed by atoms with Gasteiger partial charge in [0.25, 0.3) is 0 Å². The van der Waals surface area contributed by atoms with Crippen molar-refractivity contribution in [2.24, 2.45) is 5.41 Å². The van der Waals surface area contributed by atoms with Gasteiger partial charge >= 0.3 is 5.97 Å². The number of hydrogen-bond acceptors (Lipinski definition) is 4. The van der Waals surface area contributed by atoms with Gasteiger partial charge in [-0.25, -0.2) is 9.97 Å². The highest BCUT2D eigenvalue weighted by Gasteiger charge is 2.42. The summed E-state index contributed by atoms with van der Waals surface area (Å²) in [5.41, 5.74) is 1.63. The topological polar surface area (TPSA) is 66.3 Å². The van der Waals surface area contributed by atoms with E-state index < -0.39 is 11.4 Å². The zero-order valence-corrected chi connectivity index (χ0v) is 12.2. The Kier molecular flexibility index (Phi) is 3.66. The maximum absolute atomic E-state index is 11.8. The van der Waals surface area contributed by atoms with Crippen molar-refractivity contribution in [1.82, 2.24) is 9.97 Å². The highest BCUT2D eigenvalue weighted by Crippen LogP contribution is 2.38. The molecule has 0 aromatic carbocycles. The minimum Gasteiger partial charge on any atom is -0.481 e. The van der Waals surface area contributed by atoms with E-state index in [4.69, 9.17) is 0 Å². The van der Waals surface area contributed by atoms with Gasteiger partial charge in [-0.1, -0.05) is 6.08 Å². The molecule has 1 fully saturated rings. The molecule has 1 N–H and O–H groups in total. The van der Waals surface area contributed by atoms with Crippen molar-refractivity contribution in [2.45, 2.75) is 38.5 Å². The van der Waals surface area contributed by atoms with Gasteiger partial charge in [0.2, 0.25) is 0 Å². The number of carboxylic acid groups (broad SMARTS) is 1. The molecule has 5 nitrogen and oxygen atoms in total. The highest BCUT2D eigenvalue weighted by molar-refractivity contribution is 5.76. The number of hydrogen-bond donors (Lipinski definition) is 1. The Bertz CT molecular complexity index is 573. The van der Waals surface area contributed by atoms with E-state index in [-0.39, 0.29) is 0 Å². The molecule has 21 heavy (non-hydrogen) atoms. The van der Waals surface area contributed by atoms with Gasteiger partial charge in [0.1, 0.15) is 12.1 Å². The van der Waals surface area contributed by atoms with Crippen molar-refractivity contribution in [3.05, 3.63) is 30.2 Å². The molecule has 0 unspecified atom stereocenters. The molecule has 3 rings (SSSR count). The van der Waals surface area contributed by atoms with E-state index in [2.05, 4.69) is 21.4 Å². The summed E-state index contributed by atoms with van der Waals surface area (Å²) in [6.45, 7) is 5.11. The normalized spacial score (nSPS) is 24.7. The number of piperidine rings is 1. The average molecular weight is 287 g/mol. The SMILES string of the molecule is C=CC[C@@]1(C(=O)O)CCCN(c2ncnc3c2CCC3)C1. The Balaban J connectivity index is 1.91. The molecule has 0 spiro atoms. The Morgan fingerprint density at radius 3 is 3.05 bits per heavy atom. The van der Waals surface area contributed by atoms with E-state index in [1.807, 2.05) is 0 Å². The second-order valence-electron chi connectivity index (χ2n) is 6.08. The van der Waals surface area contributed by atoms with Gasteiger partial charge in [-0.2, -0.15) is 0 Å². The molecule has 0 saturated carbocycles. The molecule has 1 aliphatic carbocycles. The summed E-state index contributed by atoms with van der Waals surface area (Å²) in [5.74, 6) is 0.227. The minimum absolute atomic E-state index is 0.506. The van der Waals surface area contributed by atoms with Crippen LogP contribution in [0.5, 0.6) is 0 Å². The molecule has 0 radical (unpaired) electrons. The van der Waals surface area contributed by atoms with Gasteiger partial charge < -0.3 is 10.0 Å². The highest BCUT2D eigenvalue weighted by atomic mass is 16.4. The van der Waals surface area contributed by atoms with Crippen LogP contribution in [0.25, 0.3) is 0 Å². The summed E-state index contributed by atoms with van der Waals surface area (Å²) in [4.78, 5) is 22.7. The van der Waals surface area contributed by atoms with Gasteiger partial charge in [-0.05, 0) is 38.5 Å². The number of anilines is 1. The predicted molar refractivity (Wildman–Crippen MR) is 80.4 cm³/mol. The van der Waals surface area contributed by atoms with Crippen LogP contribution in [-0.2, 0) is 17.6 Å². The lowest BCUT2D eigenvalue weighted by Crippen LogP contribution is -2.48. The first kappa shape index (κ1) is 14.0. The molecular formula is C16H21N3O2. The number of aromatic nitrogens is 2. The summed E-state index contributed by atoms with van der Waals surface area (Å²) < 4.78 is 0. The molecule has 2 heterocycles. The summed E-state index contributed by atoms with van der Waals surface area (Å²) in [7, 11) is 0. The van der Waals surface area contributed by atoms with Crippen molar-refractivity contribution in [3.63, 3.8) is 0 Å². The molecule has 1 aliphatic heterocycles. The lowest BCUT2D eigenvalue weighted by Gasteiger charge is -2.40. The third kappa shape index (κ3) is 2.41. The molecule has 1 aromatic rings. The first-order valence-electron chi connectivity index (χ1n) is 7.58. The van der Waals surface area contributed by atoms with Gasteiger partial charge in [0.15, 0.2) is 0 Å². The monoisotopic (exact) mass is 287 g/mol. The molecule has 0 bridgehead atoms. The zero-order valence-electron chi connectivity index (χ0n) is 12.2. The van der Waals surface area contributed by atoms with Gasteiger partial charge in [0.05, 0.1) is 5.41 Å². The van der Waals surface area contributed by atoms with Crippen molar-refractivity contribution >= 4 is 11.8 Å². The lowest BCUT2D eigenvalue weighted by atomic mass is 9.77. The minimum atomic E-state index is -0.726. The van der Waals surface area contributed by atoms with E-state index in [0.717, 1.165) is 43.7 Å². The van der Waals surface area contributed by atoms with Gasteiger partial charge in [-0.15, -0.1) is 6.58 Å². The van der Waals surface area contributed by atoms with E-state index in [0.29, 0.717) is 19.4 Å². The smallest absolute Gasteiger partial charge is 0.311 e. The first-order chi connectivity index (χ1) is 10.2. The fraction of sp³-hybridized carbons (Fsp3) is 0.562. The van der Waals surface area contributed by atoms with E-state index in [1.165, 1.54) is 5.56 Å². The van der Waals surface area contributed by atoms with Crippen molar-refractivity contribution < 1.29 is 9.90 Å². The second kappa shape index (κ2) is 5.47.